The number of likely N-dealkylation sites (tertiary alicyclic amines) is 1. The van der Waals surface area contributed by atoms with Gasteiger partial charge in [0.25, 0.3) is 0 Å². The minimum absolute atomic E-state index is 0.148. The molecule has 1 aromatic rings. The Morgan fingerprint density at radius 2 is 1.88 bits per heavy atom. The summed E-state index contributed by atoms with van der Waals surface area (Å²) in [6.07, 6.45) is 2.37. The highest BCUT2D eigenvalue weighted by Gasteiger charge is 2.21. The first kappa shape index (κ1) is 19.3. The van der Waals surface area contributed by atoms with Crippen LogP contribution < -0.4 is 5.32 Å². The topological polar surface area (TPSA) is 38.8 Å². The Bertz CT molecular complexity index is 562. The van der Waals surface area contributed by atoms with Crippen LogP contribution in [0.4, 0.5) is 10.5 Å². The highest BCUT2D eigenvalue weighted by atomic mass is 35.5. The zero-order valence-corrected chi connectivity index (χ0v) is 16.1. The van der Waals surface area contributed by atoms with Gasteiger partial charge in [0.1, 0.15) is 0 Å². The maximum absolute atomic E-state index is 12.3. The highest BCUT2D eigenvalue weighted by molar-refractivity contribution is 6.42. The van der Waals surface area contributed by atoms with E-state index in [0.717, 1.165) is 19.6 Å². The summed E-state index contributed by atoms with van der Waals surface area (Å²) < 4.78 is 0. The number of likely N-dealkylation sites (N-methyl/N-ethyl adjacent to an activating group) is 2. The standard InChI is InChI=1S/C17H26Cl2N4O/c1-21-8-6-14(7-9-21)22(2)10-11-23(3)17(24)20-13-4-5-15(18)16(19)12-13/h4-5,12,14H,6-11H2,1-3H3,(H,20,24). The summed E-state index contributed by atoms with van der Waals surface area (Å²) in [5.74, 6) is 0. The SMILES string of the molecule is CN1CCC(N(C)CCN(C)C(=O)Nc2ccc(Cl)c(Cl)c2)CC1. The number of amides is 2. The Morgan fingerprint density at radius 1 is 1.21 bits per heavy atom. The summed E-state index contributed by atoms with van der Waals surface area (Å²) >= 11 is 11.9. The van der Waals surface area contributed by atoms with Crippen LogP contribution in [-0.2, 0) is 0 Å². The van der Waals surface area contributed by atoms with Crippen LogP contribution in [0.3, 0.4) is 0 Å². The third-order valence-corrected chi connectivity index (χ3v) is 5.36. The van der Waals surface area contributed by atoms with Crippen LogP contribution in [0.15, 0.2) is 18.2 Å². The Labute approximate surface area is 154 Å². The molecular formula is C17H26Cl2N4O. The van der Waals surface area contributed by atoms with E-state index in [4.69, 9.17) is 23.2 Å². The second kappa shape index (κ2) is 8.90. The predicted molar refractivity (Wildman–Crippen MR) is 101 cm³/mol. The molecule has 134 valence electrons. The van der Waals surface area contributed by atoms with Crippen molar-refractivity contribution in [2.45, 2.75) is 18.9 Å². The van der Waals surface area contributed by atoms with Crippen LogP contribution >= 0.6 is 23.2 Å². The Hall–Kier alpha value is -1.01. The first-order chi connectivity index (χ1) is 11.4. The number of carbonyl (C=O) groups is 1. The van der Waals surface area contributed by atoms with Gasteiger partial charge in [0.05, 0.1) is 10.0 Å². The average molecular weight is 373 g/mol. The van der Waals surface area contributed by atoms with E-state index in [2.05, 4.69) is 29.2 Å². The molecule has 1 fully saturated rings. The minimum Gasteiger partial charge on any atom is -0.326 e. The zero-order chi connectivity index (χ0) is 17.7. The Kier molecular flexibility index (Phi) is 7.16. The van der Waals surface area contributed by atoms with Gasteiger partial charge < -0.3 is 20.0 Å². The lowest BCUT2D eigenvalue weighted by Crippen LogP contribution is -2.45. The second-order valence-corrected chi connectivity index (χ2v) is 7.31. The van der Waals surface area contributed by atoms with Gasteiger partial charge in [-0.25, -0.2) is 4.79 Å². The largest absolute Gasteiger partial charge is 0.326 e. The van der Waals surface area contributed by atoms with Crippen LogP contribution in [0.1, 0.15) is 12.8 Å². The maximum atomic E-state index is 12.3. The average Bonchev–Trinajstić information content (AvgIpc) is 2.56. The Morgan fingerprint density at radius 3 is 2.50 bits per heavy atom. The van der Waals surface area contributed by atoms with Crippen LogP contribution in [0.25, 0.3) is 0 Å². The Balaban J connectivity index is 1.77. The third-order valence-electron chi connectivity index (χ3n) is 4.62. The molecule has 7 heteroatoms. The van der Waals surface area contributed by atoms with Crippen molar-refractivity contribution in [3.8, 4) is 0 Å². The summed E-state index contributed by atoms with van der Waals surface area (Å²) in [5.41, 5.74) is 0.643. The molecule has 0 saturated carbocycles. The minimum atomic E-state index is -0.148. The van der Waals surface area contributed by atoms with Crippen molar-refractivity contribution in [3.05, 3.63) is 28.2 Å². The quantitative estimate of drug-likeness (QED) is 0.859. The van der Waals surface area contributed by atoms with E-state index >= 15 is 0 Å². The number of hydrogen-bond donors (Lipinski definition) is 1. The smallest absolute Gasteiger partial charge is 0.321 e. The highest BCUT2D eigenvalue weighted by Crippen LogP contribution is 2.25. The molecule has 24 heavy (non-hydrogen) atoms. The molecule has 2 amide bonds. The lowest BCUT2D eigenvalue weighted by molar-refractivity contribution is 0.136. The molecule has 1 heterocycles. The molecule has 5 nitrogen and oxygen atoms in total. The zero-order valence-electron chi connectivity index (χ0n) is 14.6. The van der Waals surface area contributed by atoms with E-state index < -0.39 is 0 Å². The lowest BCUT2D eigenvalue weighted by Gasteiger charge is -2.35. The van der Waals surface area contributed by atoms with E-state index in [-0.39, 0.29) is 6.03 Å². The summed E-state index contributed by atoms with van der Waals surface area (Å²) in [5, 5.41) is 3.74. The van der Waals surface area contributed by atoms with Crippen molar-refractivity contribution in [1.29, 1.82) is 0 Å². The predicted octanol–water partition coefficient (Wildman–Crippen LogP) is 3.48. The molecule has 2 rings (SSSR count). The fourth-order valence-corrected chi connectivity index (χ4v) is 3.12. The van der Waals surface area contributed by atoms with Gasteiger partial charge in [-0.1, -0.05) is 23.2 Å². The fraction of sp³-hybridized carbons (Fsp3) is 0.588. The van der Waals surface area contributed by atoms with E-state index in [0.29, 0.717) is 28.3 Å². The van der Waals surface area contributed by atoms with E-state index in [9.17, 15) is 4.79 Å². The molecule has 0 bridgehead atoms. The molecule has 0 unspecified atom stereocenters. The van der Waals surface area contributed by atoms with Gasteiger partial charge in [0.15, 0.2) is 0 Å². The number of anilines is 1. The van der Waals surface area contributed by atoms with Crippen LogP contribution in [0.5, 0.6) is 0 Å². The van der Waals surface area contributed by atoms with Crippen LogP contribution in [0.2, 0.25) is 10.0 Å². The van der Waals surface area contributed by atoms with E-state index in [1.54, 1.807) is 30.1 Å². The molecular weight excluding hydrogens is 347 g/mol. The van der Waals surface area contributed by atoms with Gasteiger partial charge in [0, 0.05) is 31.9 Å². The summed E-state index contributed by atoms with van der Waals surface area (Å²) in [7, 11) is 6.10. The molecule has 0 aliphatic carbocycles. The van der Waals surface area contributed by atoms with Gasteiger partial charge in [-0.2, -0.15) is 0 Å². The number of piperidine rings is 1. The molecule has 1 aliphatic rings. The molecule has 0 aromatic heterocycles. The first-order valence-electron chi connectivity index (χ1n) is 8.22. The molecule has 1 aliphatic heterocycles. The van der Waals surface area contributed by atoms with Crippen molar-refractivity contribution >= 4 is 34.9 Å². The van der Waals surface area contributed by atoms with Crippen molar-refractivity contribution < 1.29 is 4.79 Å². The molecule has 1 saturated heterocycles. The molecule has 1 aromatic carbocycles. The van der Waals surface area contributed by atoms with Gasteiger partial charge in [-0.3, -0.25) is 0 Å². The molecule has 0 atom stereocenters. The monoisotopic (exact) mass is 372 g/mol. The fourth-order valence-electron chi connectivity index (χ4n) is 2.82. The number of nitrogens with zero attached hydrogens (tertiary/aromatic N) is 3. The van der Waals surface area contributed by atoms with Crippen molar-refractivity contribution in [1.82, 2.24) is 14.7 Å². The molecule has 1 N–H and O–H groups in total. The molecule has 0 spiro atoms. The van der Waals surface area contributed by atoms with Crippen molar-refractivity contribution in [2.24, 2.45) is 0 Å². The number of urea groups is 1. The summed E-state index contributed by atoms with van der Waals surface area (Å²) in [4.78, 5) is 18.7. The van der Waals surface area contributed by atoms with Crippen molar-refractivity contribution in [2.75, 3.05) is 52.6 Å². The number of hydrogen-bond acceptors (Lipinski definition) is 3. The van der Waals surface area contributed by atoms with E-state index in [1.807, 2.05) is 0 Å². The van der Waals surface area contributed by atoms with Crippen LogP contribution in [0, 0.1) is 0 Å². The number of nitrogens with one attached hydrogen (secondary N) is 1. The van der Waals surface area contributed by atoms with Gasteiger partial charge in [0.2, 0.25) is 0 Å². The number of halogens is 2. The number of carbonyl (C=O) groups excluding carboxylic acids is 1. The van der Waals surface area contributed by atoms with Gasteiger partial charge in [-0.05, 0) is 58.2 Å². The summed E-state index contributed by atoms with van der Waals surface area (Å²) in [6.45, 7) is 3.82. The lowest BCUT2D eigenvalue weighted by atomic mass is 10.0. The van der Waals surface area contributed by atoms with Crippen LogP contribution in [-0.4, -0.2) is 74.1 Å². The first-order valence-corrected chi connectivity index (χ1v) is 8.98. The second-order valence-electron chi connectivity index (χ2n) is 6.50. The summed E-state index contributed by atoms with van der Waals surface area (Å²) in [6, 6.07) is 5.52. The van der Waals surface area contributed by atoms with Gasteiger partial charge >= 0.3 is 6.03 Å². The number of rotatable bonds is 5. The third kappa shape index (κ3) is 5.52. The molecule has 0 radical (unpaired) electrons. The van der Waals surface area contributed by atoms with Crippen molar-refractivity contribution in [3.63, 3.8) is 0 Å². The normalized spacial score (nSPS) is 16.4. The number of benzene rings is 1. The maximum Gasteiger partial charge on any atom is 0.321 e. The van der Waals surface area contributed by atoms with E-state index in [1.165, 1.54) is 12.8 Å². The van der Waals surface area contributed by atoms with Gasteiger partial charge in [-0.15, -0.1) is 0 Å².